The third-order valence-electron chi connectivity index (χ3n) is 9.54. The highest BCUT2D eigenvalue weighted by Crippen LogP contribution is 2.45. The molecule has 236 valence electrons. The van der Waals surface area contributed by atoms with Crippen molar-refractivity contribution in [2.75, 3.05) is 4.90 Å². The molecule has 0 N–H and O–H groups in total. The van der Waals surface area contributed by atoms with E-state index in [0.717, 1.165) is 38.5 Å². The van der Waals surface area contributed by atoms with Crippen LogP contribution in [0.1, 0.15) is 36.6 Å². The smallest absolute Gasteiger partial charge is 0.268 e. The van der Waals surface area contributed by atoms with Gasteiger partial charge < -0.3 is 4.57 Å². The highest BCUT2D eigenvalue weighted by Gasteiger charge is 2.41. The number of fused-ring (bicyclic) bond motifs is 4. The van der Waals surface area contributed by atoms with E-state index in [1.54, 1.807) is 6.07 Å². The minimum atomic E-state index is -0.418. The van der Waals surface area contributed by atoms with E-state index in [9.17, 15) is 9.59 Å². The largest absolute Gasteiger partial charge is 0.308 e. The molecule has 0 saturated carbocycles. The van der Waals surface area contributed by atoms with Crippen LogP contribution in [0.15, 0.2) is 170 Å². The van der Waals surface area contributed by atoms with Gasteiger partial charge in [0.2, 0.25) is 0 Å². The van der Waals surface area contributed by atoms with Crippen molar-refractivity contribution in [3.8, 4) is 27.9 Å². The number of imide groups is 1. The van der Waals surface area contributed by atoms with Gasteiger partial charge in [0.1, 0.15) is 0 Å². The number of hydrogen-bond acceptors (Lipinski definition) is 3. The molecule has 1 aliphatic rings. The van der Waals surface area contributed by atoms with Gasteiger partial charge in [-0.05, 0) is 35.4 Å². The zero-order valence-electron chi connectivity index (χ0n) is 26.8. The fourth-order valence-corrected chi connectivity index (χ4v) is 7.34. The number of carbonyl (C=O) groups excluding carboxylic acids is 3. The van der Waals surface area contributed by atoms with Crippen molar-refractivity contribution in [2.45, 2.75) is 0 Å². The number of nitrogens with zero attached hydrogens (tertiary/aromatic N) is 2. The minimum Gasteiger partial charge on any atom is -0.308 e. The molecule has 2 heterocycles. The summed E-state index contributed by atoms with van der Waals surface area (Å²) in [5.74, 6) is -0.936. The predicted octanol–water partition coefficient (Wildman–Crippen LogP) is 10.1. The van der Waals surface area contributed by atoms with Crippen LogP contribution in [0.25, 0.3) is 49.7 Å². The first kappa shape index (κ1) is 29.3. The van der Waals surface area contributed by atoms with Gasteiger partial charge in [-0.25, -0.2) is 4.90 Å². The van der Waals surface area contributed by atoms with Gasteiger partial charge in [0, 0.05) is 33.0 Å². The van der Waals surface area contributed by atoms with Crippen LogP contribution in [-0.2, 0) is 0 Å². The lowest BCUT2D eigenvalue weighted by atomic mass is 9.95. The van der Waals surface area contributed by atoms with Crippen LogP contribution >= 0.6 is 0 Å². The molecule has 8 aromatic rings. The molecule has 0 atom stereocenters. The summed E-state index contributed by atoms with van der Waals surface area (Å²) in [5.41, 5.74) is 7.61. The van der Waals surface area contributed by atoms with E-state index >= 15 is 4.79 Å². The van der Waals surface area contributed by atoms with E-state index in [0.29, 0.717) is 39.1 Å². The van der Waals surface area contributed by atoms with Crippen LogP contribution in [0.5, 0.6) is 0 Å². The topological polar surface area (TPSA) is 59.4 Å². The van der Waals surface area contributed by atoms with Crippen molar-refractivity contribution in [3.05, 3.63) is 192 Å². The van der Waals surface area contributed by atoms with Gasteiger partial charge in [-0.2, -0.15) is 0 Å². The highest BCUT2D eigenvalue weighted by molar-refractivity contribution is 6.37. The molecular weight excluding hydrogens is 617 g/mol. The standard InChI is InChI=1S/C45H28N2O3/c48-43(31-19-8-3-9-20-31)37-26-13-24-35-34-21-10-11-27-38(34)46(42(35)37)39-28-14-25-36-40(39)45(50)47(44(36)49)41-32(29-15-4-1-5-16-29)22-12-23-33(41)30-17-6-2-7-18-30/h1-28H. The summed E-state index contributed by atoms with van der Waals surface area (Å²) in [7, 11) is 0. The average Bonchev–Trinajstić information content (AvgIpc) is 3.65. The molecule has 2 amide bonds. The lowest BCUT2D eigenvalue weighted by Gasteiger charge is -2.23. The molecule has 0 bridgehead atoms. The molecular formula is C45H28N2O3. The Hall–Kier alpha value is -6.85. The second kappa shape index (κ2) is 11.7. The van der Waals surface area contributed by atoms with Crippen LogP contribution in [0.3, 0.4) is 0 Å². The maximum absolute atomic E-state index is 15.0. The Morgan fingerprint density at radius 2 is 1.00 bits per heavy atom. The number of carbonyl (C=O) groups is 3. The quantitative estimate of drug-likeness (QED) is 0.134. The maximum Gasteiger partial charge on any atom is 0.268 e. The molecule has 0 radical (unpaired) electrons. The first-order valence-electron chi connectivity index (χ1n) is 16.5. The van der Waals surface area contributed by atoms with Crippen LogP contribution in [0.4, 0.5) is 5.69 Å². The SMILES string of the molecule is O=C(c1ccccc1)c1cccc2c3ccccc3n(-c3cccc4c3C(=O)N(c3c(-c5ccccc5)cccc3-c3ccccc3)C4=O)c12. The fourth-order valence-electron chi connectivity index (χ4n) is 7.34. The maximum atomic E-state index is 15.0. The Morgan fingerprint density at radius 3 is 1.68 bits per heavy atom. The summed E-state index contributed by atoms with van der Waals surface area (Å²) in [5, 5.41) is 1.83. The van der Waals surface area contributed by atoms with E-state index in [1.807, 2.05) is 168 Å². The molecule has 1 aliphatic heterocycles. The van der Waals surface area contributed by atoms with Gasteiger partial charge in [-0.1, -0.05) is 146 Å². The third-order valence-corrected chi connectivity index (χ3v) is 9.54. The number of rotatable bonds is 6. The van der Waals surface area contributed by atoms with Crippen LogP contribution in [-0.4, -0.2) is 22.2 Å². The number of benzene rings is 7. The highest BCUT2D eigenvalue weighted by atomic mass is 16.2. The molecule has 50 heavy (non-hydrogen) atoms. The van der Waals surface area contributed by atoms with Gasteiger partial charge in [0.05, 0.1) is 33.5 Å². The number of hydrogen-bond donors (Lipinski definition) is 0. The van der Waals surface area contributed by atoms with Crippen molar-refractivity contribution in [2.24, 2.45) is 0 Å². The Balaban J connectivity index is 1.30. The summed E-state index contributed by atoms with van der Waals surface area (Å²) >= 11 is 0. The molecule has 0 spiro atoms. The van der Waals surface area contributed by atoms with Crippen molar-refractivity contribution in [1.82, 2.24) is 4.57 Å². The first-order valence-corrected chi connectivity index (χ1v) is 16.5. The zero-order chi connectivity index (χ0) is 33.8. The zero-order valence-corrected chi connectivity index (χ0v) is 26.8. The van der Waals surface area contributed by atoms with Crippen molar-refractivity contribution < 1.29 is 14.4 Å². The molecule has 0 fully saturated rings. The Bertz CT molecular complexity index is 2580. The minimum absolute atomic E-state index is 0.124. The summed E-state index contributed by atoms with van der Waals surface area (Å²) in [6.45, 7) is 0. The van der Waals surface area contributed by atoms with E-state index in [-0.39, 0.29) is 5.78 Å². The molecule has 9 rings (SSSR count). The van der Waals surface area contributed by atoms with Crippen molar-refractivity contribution in [1.29, 1.82) is 0 Å². The molecule has 0 aliphatic carbocycles. The predicted molar refractivity (Wildman–Crippen MR) is 199 cm³/mol. The Kier molecular flexibility index (Phi) is 6.85. The van der Waals surface area contributed by atoms with Gasteiger partial charge in [0.25, 0.3) is 11.8 Å². The van der Waals surface area contributed by atoms with E-state index in [2.05, 4.69) is 0 Å². The summed E-state index contributed by atoms with van der Waals surface area (Å²) in [4.78, 5) is 45.1. The van der Waals surface area contributed by atoms with Crippen LogP contribution in [0.2, 0.25) is 0 Å². The lowest BCUT2D eigenvalue weighted by Crippen LogP contribution is -2.30. The Morgan fingerprint density at radius 1 is 0.460 bits per heavy atom. The second-order valence-corrected chi connectivity index (χ2v) is 12.3. The monoisotopic (exact) mass is 644 g/mol. The lowest BCUT2D eigenvalue weighted by molar-refractivity contribution is 0.0925. The Labute approximate surface area is 288 Å². The summed E-state index contributed by atoms with van der Waals surface area (Å²) in [6.07, 6.45) is 0. The van der Waals surface area contributed by atoms with Crippen molar-refractivity contribution in [3.63, 3.8) is 0 Å². The number of aromatic nitrogens is 1. The van der Waals surface area contributed by atoms with Gasteiger partial charge >= 0.3 is 0 Å². The van der Waals surface area contributed by atoms with E-state index in [1.165, 1.54) is 4.90 Å². The van der Waals surface area contributed by atoms with Gasteiger partial charge in [-0.15, -0.1) is 0 Å². The average molecular weight is 645 g/mol. The van der Waals surface area contributed by atoms with Crippen molar-refractivity contribution >= 4 is 45.1 Å². The molecule has 0 unspecified atom stereocenters. The number of ketones is 1. The van der Waals surface area contributed by atoms with Crippen LogP contribution < -0.4 is 4.90 Å². The second-order valence-electron chi connectivity index (χ2n) is 12.3. The molecule has 7 aromatic carbocycles. The number of amides is 2. The normalized spacial score (nSPS) is 12.5. The summed E-state index contributed by atoms with van der Waals surface area (Å²) in [6, 6.07) is 53.8. The number of para-hydroxylation sites is 3. The summed E-state index contributed by atoms with van der Waals surface area (Å²) < 4.78 is 1.98. The molecule has 1 aromatic heterocycles. The fraction of sp³-hybridized carbons (Fsp3) is 0. The van der Waals surface area contributed by atoms with Crippen LogP contribution in [0, 0.1) is 0 Å². The third kappa shape index (κ3) is 4.45. The van der Waals surface area contributed by atoms with E-state index in [4.69, 9.17) is 0 Å². The first-order chi connectivity index (χ1) is 24.6. The van der Waals surface area contributed by atoms with E-state index < -0.39 is 11.8 Å². The number of anilines is 1. The van der Waals surface area contributed by atoms with Gasteiger partial charge in [0.15, 0.2) is 5.78 Å². The molecule has 0 saturated heterocycles. The molecule has 5 nitrogen and oxygen atoms in total. The van der Waals surface area contributed by atoms with Gasteiger partial charge in [-0.3, -0.25) is 14.4 Å². The molecule has 5 heteroatoms.